The highest BCUT2D eigenvalue weighted by Gasteiger charge is 2.23. The molecule has 3 aromatic carbocycles. The number of nitrogens with zero attached hydrogens (tertiary/aromatic N) is 3. The van der Waals surface area contributed by atoms with Crippen molar-refractivity contribution in [3.05, 3.63) is 89.5 Å². The van der Waals surface area contributed by atoms with Crippen LogP contribution in [0.2, 0.25) is 0 Å². The number of nitro groups is 2. The summed E-state index contributed by atoms with van der Waals surface area (Å²) >= 11 is 2.02. The molecule has 0 aliphatic heterocycles. The van der Waals surface area contributed by atoms with E-state index in [4.69, 9.17) is 9.47 Å². The number of nitro benzene ring substituents is 2. The standard InChI is InChI=1S/C21H16IN3O6/c1-13-3-5-15(6-4-13)23-12-14-9-17(22)21(20(10-14)30-2)31-19-8-7-16(24(26)27)11-18(19)25(28)29/h3-12H,1-2H3. The lowest BCUT2D eigenvalue weighted by molar-refractivity contribution is -0.394. The molecule has 0 aromatic heterocycles. The summed E-state index contributed by atoms with van der Waals surface area (Å²) in [6, 6.07) is 14.4. The molecule has 10 heteroatoms. The zero-order valence-electron chi connectivity index (χ0n) is 16.4. The quantitative estimate of drug-likeness (QED) is 0.160. The second-order valence-corrected chi connectivity index (χ2v) is 7.56. The molecule has 0 saturated heterocycles. The van der Waals surface area contributed by atoms with Gasteiger partial charge in [-0.3, -0.25) is 25.2 Å². The Morgan fingerprint density at radius 1 is 0.968 bits per heavy atom. The second-order valence-electron chi connectivity index (χ2n) is 6.40. The lowest BCUT2D eigenvalue weighted by Gasteiger charge is -2.13. The first-order valence-electron chi connectivity index (χ1n) is 8.87. The molecule has 158 valence electrons. The van der Waals surface area contributed by atoms with Gasteiger partial charge in [0.2, 0.25) is 5.75 Å². The zero-order chi connectivity index (χ0) is 22.5. The van der Waals surface area contributed by atoms with Crippen LogP contribution in [-0.4, -0.2) is 23.2 Å². The third-order valence-electron chi connectivity index (χ3n) is 4.21. The van der Waals surface area contributed by atoms with Gasteiger partial charge in [-0.1, -0.05) is 17.7 Å². The molecule has 0 saturated carbocycles. The van der Waals surface area contributed by atoms with E-state index in [0.717, 1.165) is 28.9 Å². The maximum atomic E-state index is 11.4. The number of hydrogen-bond acceptors (Lipinski definition) is 7. The first-order valence-corrected chi connectivity index (χ1v) is 9.95. The number of aryl methyl sites for hydroxylation is 1. The molecule has 9 nitrogen and oxygen atoms in total. The molecular formula is C21H16IN3O6. The minimum absolute atomic E-state index is 0.132. The van der Waals surface area contributed by atoms with E-state index in [1.54, 1.807) is 18.3 Å². The van der Waals surface area contributed by atoms with Gasteiger partial charge in [-0.15, -0.1) is 0 Å². The maximum absolute atomic E-state index is 11.4. The minimum atomic E-state index is -0.732. The average Bonchev–Trinajstić information content (AvgIpc) is 2.74. The van der Waals surface area contributed by atoms with Crippen molar-refractivity contribution in [1.82, 2.24) is 0 Å². The Hall–Kier alpha value is -3.54. The third kappa shape index (κ3) is 5.34. The van der Waals surface area contributed by atoms with Gasteiger partial charge in [0.25, 0.3) is 5.69 Å². The molecule has 0 aliphatic rings. The Kier molecular flexibility index (Phi) is 6.80. The summed E-state index contributed by atoms with van der Waals surface area (Å²) in [4.78, 5) is 25.3. The molecule has 0 fully saturated rings. The van der Waals surface area contributed by atoms with E-state index in [1.807, 2.05) is 53.8 Å². The van der Waals surface area contributed by atoms with Gasteiger partial charge in [-0.25, -0.2) is 0 Å². The topological polar surface area (TPSA) is 117 Å². The average molecular weight is 533 g/mol. The van der Waals surface area contributed by atoms with Crippen LogP contribution < -0.4 is 9.47 Å². The zero-order valence-corrected chi connectivity index (χ0v) is 18.6. The maximum Gasteiger partial charge on any atom is 0.318 e. The SMILES string of the molecule is COc1cc(C=Nc2ccc(C)cc2)cc(I)c1Oc1ccc([N+](=O)[O-])cc1[N+](=O)[O-]. The summed E-state index contributed by atoms with van der Waals surface area (Å²) < 4.78 is 11.8. The van der Waals surface area contributed by atoms with Crippen molar-refractivity contribution in [2.24, 2.45) is 4.99 Å². The third-order valence-corrected chi connectivity index (χ3v) is 5.01. The molecule has 0 bridgehead atoms. The molecule has 3 aromatic rings. The van der Waals surface area contributed by atoms with E-state index in [-0.39, 0.29) is 11.5 Å². The largest absolute Gasteiger partial charge is 0.493 e. The molecule has 0 N–H and O–H groups in total. The van der Waals surface area contributed by atoms with Crippen molar-refractivity contribution in [3.63, 3.8) is 0 Å². The first-order chi connectivity index (χ1) is 14.8. The highest BCUT2D eigenvalue weighted by atomic mass is 127. The minimum Gasteiger partial charge on any atom is -0.493 e. The van der Waals surface area contributed by atoms with Crippen molar-refractivity contribution < 1.29 is 19.3 Å². The summed E-state index contributed by atoms with van der Waals surface area (Å²) in [5.74, 6) is 0.463. The van der Waals surface area contributed by atoms with Crippen LogP contribution in [0.4, 0.5) is 17.1 Å². The molecule has 0 aliphatic carbocycles. The van der Waals surface area contributed by atoms with Crippen LogP contribution in [0.15, 0.2) is 59.6 Å². The van der Waals surface area contributed by atoms with E-state index < -0.39 is 21.2 Å². The molecule has 0 atom stereocenters. The van der Waals surface area contributed by atoms with Crippen LogP contribution in [0.25, 0.3) is 0 Å². The number of methoxy groups -OCH3 is 1. The Bertz CT molecular complexity index is 1180. The number of aliphatic imine (C=N–C) groups is 1. The van der Waals surface area contributed by atoms with E-state index in [0.29, 0.717) is 9.32 Å². The number of rotatable bonds is 7. The molecular weight excluding hydrogens is 517 g/mol. The van der Waals surface area contributed by atoms with Gasteiger partial charge in [-0.05, 0) is 65.4 Å². The van der Waals surface area contributed by atoms with Crippen molar-refractivity contribution in [1.29, 1.82) is 0 Å². The van der Waals surface area contributed by atoms with Gasteiger partial charge in [0, 0.05) is 12.3 Å². The molecule has 0 amide bonds. The van der Waals surface area contributed by atoms with Gasteiger partial charge >= 0.3 is 5.69 Å². The van der Waals surface area contributed by atoms with E-state index in [9.17, 15) is 20.2 Å². The van der Waals surface area contributed by atoms with E-state index in [1.165, 1.54) is 13.2 Å². The van der Waals surface area contributed by atoms with Gasteiger partial charge < -0.3 is 9.47 Å². The van der Waals surface area contributed by atoms with Crippen LogP contribution in [0.3, 0.4) is 0 Å². The van der Waals surface area contributed by atoms with Crippen molar-refractivity contribution in [2.45, 2.75) is 6.92 Å². The number of ether oxygens (including phenoxy) is 2. The lowest BCUT2D eigenvalue weighted by atomic mass is 10.2. The normalized spacial score (nSPS) is 10.8. The van der Waals surface area contributed by atoms with Gasteiger partial charge in [-0.2, -0.15) is 0 Å². The first kappa shape index (κ1) is 22.2. The predicted octanol–water partition coefficient (Wildman–Crippen LogP) is 5.97. The van der Waals surface area contributed by atoms with Gasteiger partial charge in [0.1, 0.15) is 0 Å². The Morgan fingerprint density at radius 2 is 1.68 bits per heavy atom. The summed E-state index contributed by atoms with van der Waals surface area (Å²) in [5.41, 5.74) is 1.76. The molecule has 0 unspecified atom stereocenters. The Morgan fingerprint density at radius 3 is 2.29 bits per heavy atom. The fourth-order valence-electron chi connectivity index (χ4n) is 2.65. The van der Waals surface area contributed by atoms with Crippen LogP contribution in [0, 0.1) is 30.7 Å². The molecule has 0 heterocycles. The van der Waals surface area contributed by atoms with Crippen LogP contribution in [-0.2, 0) is 0 Å². The van der Waals surface area contributed by atoms with Crippen LogP contribution in [0.5, 0.6) is 17.2 Å². The van der Waals surface area contributed by atoms with Crippen molar-refractivity contribution in [2.75, 3.05) is 7.11 Å². The van der Waals surface area contributed by atoms with Gasteiger partial charge in [0.15, 0.2) is 11.5 Å². The molecule has 0 spiro atoms. The number of benzene rings is 3. The smallest absolute Gasteiger partial charge is 0.318 e. The monoisotopic (exact) mass is 533 g/mol. The summed E-state index contributed by atoms with van der Waals surface area (Å²) in [6.07, 6.45) is 1.67. The van der Waals surface area contributed by atoms with Crippen LogP contribution >= 0.6 is 22.6 Å². The number of hydrogen-bond donors (Lipinski definition) is 0. The summed E-state index contributed by atoms with van der Waals surface area (Å²) in [5, 5.41) is 22.3. The number of halogens is 1. The van der Waals surface area contributed by atoms with E-state index in [2.05, 4.69) is 4.99 Å². The number of non-ortho nitro benzene ring substituents is 1. The molecule has 31 heavy (non-hydrogen) atoms. The fraction of sp³-hybridized carbons (Fsp3) is 0.0952. The Labute approximate surface area is 190 Å². The lowest BCUT2D eigenvalue weighted by Crippen LogP contribution is -1.99. The van der Waals surface area contributed by atoms with Crippen molar-refractivity contribution in [3.8, 4) is 17.2 Å². The molecule has 3 rings (SSSR count). The second kappa shape index (κ2) is 9.51. The van der Waals surface area contributed by atoms with Crippen LogP contribution in [0.1, 0.15) is 11.1 Å². The van der Waals surface area contributed by atoms with Crippen molar-refractivity contribution >= 4 is 45.9 Å². The molecule has 0 radical (unpaired) electrons. The predicted molar refractivity (Wildman–Crippen MR) is 124 cm³/mol. The Balaban J connectivity index is 1.95. The van der Waals surface area contributed by atoms with E-state index >= 15 is 0 Å². The highest BCUT2D eigenvalue weighted by Crippen LogP contribution is 2.41. The fourth-order valence-corrected chi connectivity index (χ4v) is 3.39. The summed E-state index contributed by atoms with van der Waals surface area (Å²) in [7, 11) is 1.45. The summed E-state index contributed by atoms with van der Waals surface area (Å²) in [6.45, 7) is 1.99. The highest BCUT2D eigenvalue weighted by molar-refractivity contribution is 14.1. The van der Waals surface area contributed by atoms with Gasteiger partial charge in [0.05, 0.1) is 32.3 Å².